The highest BCUT2D eigenvalue weighted by molar-refractivity contribution is 7.16. The van der Waals surface area contributed by atoms with Crippen LogP contribution >= 0.6 is 11.3 Å². The lowest BCUT2D eigenvalue weighted by atomic mass is 10.1. The minimum absolute atomic E-state index is 0.0406. The van der Waals surface area contributed by atoms with Crippen LogP contribution in [0.5, 0.6) is 0 Å². The van der Waals surface area contributed by atoms with Gasteiger partial charge in [0.05, 0.1) is 28.9 Å². The van der Waals surface area contributed by atoms with Crippen molar-refractivity contribution in [3.63, 3.8) is 0 Å². The van der Waals surface area contributed by atoms with Crippen molar-refractivity contribution < 1.29 is 4.79 Å². The van der Waals surface area contributed by atoms with Gasteiger partial charge in [-0.2, -0.15) is 5.26 Å². The Morgan fingerprint density at radius 3 is 2.69 bits per heavy atom. The SMILES string of the molecule is Cc1nc(CC(C)C)sc1N(Cc1cccc(C#N)c1)C(=O)NC(C)C. The molecule has 0 saturated heterocycles. The summed E-state index contributed by atoms with van der Waals surface area (Å²) in [7, 11) is 0. The fourth-order valence-corrected chi connectivity index (χ4v) is 3.89. The molecule has 2 rings (SSSR count). The third kappa shape index (κ3) is 5.30. The average molecular weight is 371 g/mol. The molecule has 1 N–H and O–H groups in total. The second kappa shape index (κ2) is 8.81. The Balaban J connectivity index is 2.36. The molecule has 26 heavy (non-hydrogen) atoms. The predicted molar refractivity (Wildman–Crippen MR) is 106 cm³/mol. The van der Waals surface area contributed by atoms with Gasteiger partial charge in [0.15, 0.2) is 0 Å². The van der Waals surface area contributed by atoms with E-state index in [2.05, 4.69) is 30.2 Å². The number of hydrogen-bond acceptors (Lipinski definition) is 4. The average Bonchev–Trinajstić information content (AvgIpc) is 2.91. The van der Waals surface area contributed by atoms with E-state index < -0.39 is 0 Å². The number of anilines is 1. The van der Waals surface area contributed by atoms with Gasteiger partial charge >= 0.3 is 6.03 Å². The number of nitriles is 1. The molecule has 0 fully saturated rings. The van der Waals surface area contributed by atoms with E-state index in [1.54, 1.807) is 22.3 Å². The zero-order valence-corrected chi connectivity index (χ0v) is 16.9. The quantitative estimate of drug-likeness (QED) is 0.805. The molecule has 0 unspecified atom stereocenters. The number of rotatable bonds is 6. The van der Waals surface area contributed by atoms with Crippen LogP contribution in [0.3, 0.4) is 0 Å². The van der Waals surface area contributed by atoms with Crippen LogP contribution in [0.2, 0.25) is 0 Å². The minimum Gasteiger partial charge on any atom is -0.335 e. The Hall–Kier alpha value is -2.39. The van der Waals surface area contributed by atoms with Crippen LogP contribution < -0.4 is 10.2 Å². The normalized spacial score (nSPS) is 10.8. The highest BCUT2D eigenvalue weighted by Gasteiger charge is 2.22. The largest absolute Gasteiger partial charge is 0.335 e. The topological polar surface area (TPSA) is 69.0 Å². The molecule has 1 heterocycles. The van der Waals surface area contributed by atoms with Crippen molar-refractivity contribution in [1.82, 2.24) is 10.3 Å². The Morgan fingerprint density at radius 2 is 2.08 bits per heavy atom. The maximum Gasteiger partial charge on any atom is 0.323 e. The summed E-state index contributed by atoms with van der Waals surface area (Å²) in [6.07, 6.45) is 0.898. The van der Waals surface area contributed by atoms with Crippen LogP contribution in [0.15, 0.2) is 24.3 Å². The molecule has 0 aliphatic rings. The van der Waals surface area contributed by atoms with Crippen LogP contribution in [-0.4, -0.2) is 17.1 Å². The van der Waals surface area contributed by atoms with Gasteiger partial charge in [0.25, 0.3) is 0 Å². The second-order valence-electron chi connectivity index (χ2n) is 7.10. The van der Waals surface area contributed by atoms with Crippen molar-refractivity contribution in [2.75, 3.05) is 4.90 Å². The summed E-state index contributed by atoms with van der Waals surface area (Å²) >= 11 is 1.57. The molecule has 2 amide bonds. The van der Waals surface area contributed by atoms with Crippen LogP contribution in [0.1, 0.15) is 49.5 Å². The number of nitrogens with zero attached hydrogens (tertiary/aromatic N) is 3. The molecule has 0 radical (unpaired) electrons. The number of amides is 2. The van der Waals surface area contributed by atoms with Gasteiger partial charge in [0, 0.05) is 12.5 Å². The molecule has 0 bridgehead atoms. The van der Waals surface area contributed by atoms with Crippen molar-refractivity contribution in [2.45, 2.75) is 53.6 Å². The van der Waals surface area contributed by atoms with Gasteiger partial charge in [0.2, 0.25) is 0 Å². The minimum atomic E-state index is -0.148. The molecular weight excluding hydrogens is 344 g/mol. The number of carbonyl (C=O) groups excluding carboxylic acids is 1. The van der Waals surface area contributed by atoms with E-state index >= 15 is 0 Å². The van der Waals surface area contributed by atoms with Crippen molar-refractivity contribution in [1.29, 1.82) is 5.26 Å². The lowest BCUT2D eigenvalue weighted by Gasteiger charge is -2.23. The van der Waals surface area contributed by atoms with E-state index in [-0.39, 0.29) is 12.1 Å². The molecule has 0 aliphatic carbocycles. The highest BCUT2D eigenvalue weighted by atomic mass is 32.1. The number of aryl methyl sites for hydroxylation is 1. The summed E-state index contributed by atoms with van der Waals surface area (Å²) < 4.78 is 0. The van der Waals surface area contributed by atoms with Gasteiger partial charge in [-0.25, -0.2) is 9.78 Å². The molecule has 0 aliphatic heterocycles. The zero-order chi connectivity index (χ0) is 19.3. The molecule has 5 nitrogen and oxygen atoms in total. The predicted octanol–water partition coefficient (Wildman–Crippen LogP) is 4.65. The fraction of sp³-hybridized carbons (Fsp3) is 0.450. The number of thiazole rings is 1. The molecular formula is C20H26N4OS. The maximum absolute atomic E-state index is 12.8. The molecule has 6 heteroatoms. The van der Waals surface area contributed by atoms with Crippen LogP contribution in [0, 0.1) is 24.2 Å². The summed E-state index contributed by atoms with van der Waals surface area (Å²) in [6.45, 7) is 10.5. The number of benzene rings is 1. The summed E-state index contributed by atoms with van der Waals surface area (Å²) in [6, 6.07) is 9.40. The molecule has 0 atom stereocenters. The van der Waals surface area contributed by atoms with E-state index in [4.69, 9.17) is 5.26 Å². The molecule has 1 aromatic carbocycles. The molecule has 2 aromatic rings. The molecule has 0 spiro atoms. The smallest absolute Gasteiger partial charge is 0.323 e. The fourth-order valence-electron chi connectivity index (χ4n) is 2.61. The van der Waals surface area contributed by atoms with Gasteiger partial charge in [0.1, 0.15) is 5.00 Å². The lowest BCUT2D eigenvalue weighted by Crippen LogP contribution is -2.42. The van der Waals surface area contributed by atoms with Crippen molar-refractivity contribution in [3.05, 3.63) is 46.1 Å². The number of aromatic nitrogens is 1. The zero-order valence-electron chi connectivity index (χ0n) is 16.0. The number of carbonyl (C=O) groups is 1. The van der Waals surface area contributed by atoms with Crippen LogP contribution in [-0.2, 0) is 13.0 Å². The third-order valence-electron chi connectivity index (χ3n) is 3.70. The first kappa shape index (κ1) is 19.9. The number of urea groups is 1. The van der Waals surface area contributed by atoms with E-state index in [1.165, 1.54) is 0 Å². The molecule has 1 aromatic heterocycles. The lowest BCUT2D eigenvalue weighted by molar-refractivity contribution is 0.244. The van der Waals surface area contributed by atoms with Crippen LogP contribution in [0.4, 0.5) is 9.80 Å². The van der Waals surface area contributed by atoms with Crippen LogP contribution in [0.25, 0.3) is 0 Å². The maximum atomic E-state index is 12.8. The molecule has 0 saturated carbocycles. The van der Waals surface area contributed by atoms with Gasteiger partial charge in [-0.15, -0.1) is 11.3 Å². The highest BCUT2D eigenvalue weighted by Crippen LogP contribution is 2.31. The Kier molecular flexibility index (Phi) is 6.76. The monoisotopic (exact) mass is 370 g/mol. The summed E-state index contributed by atoms with van der Waals surface area (Å²) in [5, 5.41) is 14.0. The van der Waals surface area contributed by atoms with E-state index in [0.717, 1.165) is 27.7 Å². The van der Waals surface area contributed by atoms with Gasteiger partial charge in [-0.3, -0.25) is 4.90 Å². The van der Waals surface area contributed by atoms with Crippen molar-refractivity contribution >= 4 is 22.4 Å². The standard InChI is InChI=1S/C20H26N4OS/c1-13(2)9-18-23-15(5)19(26-18)24(20(25)22-14(3)4)12-17-8-6-7-16(10-17)11-21/h6-8,10,13-14H,9,12H2,1-5H3,(H,22,25). The van der Waals surface area contributed by atoms with E-state index in [9.17, 15) is 4.79 Å². The van der Waals surface area contributed by atoms with Crippen molar-refractivity contribution in [3.8, 4) is 6.07 Å². The first-order valence-corrected chi connectivity index (χ1v) is 9.65. The number of hydrogen-bond donors (Lipinski definition) is 1. The first-order valence-electron chi connectivity index (χ1n) is 8.83. The molecule has 138 valence electrons. The van der Waals surface area contributed by atoms with Gasteiger partial charge < -0.3 is 5.32 Å². The Labute approximate surface area is 159 Å². The summed E-state index contributed by atoms with van der Waals surface area (Å²) in [5.41, 5.74) is 2.37. The second-order valence-corrected chi connectivity index (χ2v) is 8.16. The van der Waals surface area contributed by atoms with Gasteiger partial charge in [-0.1, -0.05) is 26.0 Å². The summed E-state index contributed by atoms with van der Waals surface area (Å²) in [4.78, 5) is 19.2. The third-order valence-corrected chi connectivity index (χ3v) is 4.90. The Bertz CT molecular complexity index is 804. The number of nitrogens with one attached hydrogen (secondary N) is 1. The first-order chi connectivity index (χ1) is 12.3. The van der Waals surface area contributed by atoms with Crippen molar-refractivity contribution in [2.24, 2.45) is 5.92 Å². The van der Waals surface area contributed by atoms with E-state index in [1.807, 2.05) is 39.0 Å². The Morgan fingerprint density at radius 1 is 1.35 bits per heavy atom. The van der Waals surface area contributed by atoms with Gasteiger partial charge in [-0.05, 0) is 44.4 Å². The van der Waals surface area contributed by atoms with E-state index in [0.29, 0.717) is 18.0 Å². The summed E-state index contributed by atoms with van der Waals surface area (Å²) in [5.74, 6) is 0.513.